The monoisotopic (exact) mass is 203 g/mol. The number of amides is 1. The Balaban J connectivity index is 4.29. The molecule has 2 N–H and O–H groups in total. The Kier molecular flexibility index (Phi) is 5.28. The molecule has 0 aromatic rings. The van der Waals surface area contributed by atoms with Crippen molar-refractivity contribution in [1.82, 2.24) is 5.32 Å². The highest BCUT2D eigenvalue weighted by atomic mass is 16.5. The number of rotatable bonds is 5. The summed E-state index contributed by atoms with van der Waals surface area (Å²) in [5, 5.41) is 10.7. The first-order valence-corrected chi connectivity index (χ1v) is 4.13. The molecule has 1 atom stereocenters. The highest BCUT2D eigenvalue weighted by Crippen LogP contribution is 1.96. The van der Waals surface area contributed by atoms with Gasteiger partial charge in [-0.1, -0.05) is 0 Å². The Hall–Kier alpha value is -1.59. The number of carbonyl (C=O) groups excluding carboxylic acids is 2. The first-order chi connectivity index (χ1) is 6.47. The van der Waals surface area contributed by atoms with E-state index in [1.54, 1.807) is 6.92 Å². The number of hydrogen-bond acceptors (Lipinski definition) is 4. The molecule has 0 heterocycles. The van der Waals surface area contributed by atoms with E-state index in [0.717, 1.165) is 0 Å². The van der Waals surface area contributed by atoms with Crippen LogP contribution in [-0.4, -0.2) is 35.6 Å². The summed E-state index contributed by atoms with van der Waals surface area (Å²) in [7, 11) is 0. The van der Waals surface area contributed by atoms with Crippen LogP contribution in [0.3, 0.4) is 0 Å². The Bertz CT molecular complexity index is 222. The van der Waals surface area contributed by atoms with E-state index >= 15 is 0 Å². The molecular weight excluding hydrogens is 190 g/mol. The number of hydrogen-bond donors (Lipinski definition) is 2. The van der Waals surface area contributed by atoms with E-state index in [1.807, 2.05) is 0 Å². The van der Waals surface area contributed by atoms with Crippen LogP contribution in [0.15, 0.2) is 0 Å². The Morgan fingerprint density at radius 2 is 2.00 bits per heavy atom. The molecule has 0 aliphatic carbocycles. The predicted molar refractivity (Wildman–Crippen MR) is 46.5 cm³/mol. The van der Waals surface area contributed by atoms with Gasteiger partial charge in [-0.2, -0.15) is 0 Å². The minimum Gasteiger partial charge on any atom is -0.481 e. The number of esters is 1. The normalized spacial score (nSPS) is 11.6. The molecule has 1 amide bonds. The Morgan fingerprint density at radius 3 is 2.36 bits per heavy atom. The van der Waals surface area contributed by atoms with Gasteiger partial charge in [-0.3, -0.25) is 9.59 Å². The molecule has 0 bridgehead atoms. The fourth-order valence-corrected chi connectivity index (χ4v) is 0.856. The lowest BCUT2D eigenvalue weighted by atomic mass is 10.2. The maximum Gasteiger partial charge on any atom is 0.329 e. The van der Waals surface area contributed by atoms with Gasteiger partial charge in [-0.15, -0.1) is 0 Å². The van der Waals surface area contributed by atoms with Crippen LogP contribution in [0.1, 0.15) is 20.3 Å². The molecule has 0 aromatic heterocycles. The zero-order valence-electron chi connectivity index (χ0n) is 8.07. The van der Waals surface area contributed by atoms with E-state index in [4.69, 9.17) is 5.11 Å². The molecule has 0 aliphatic rings. The molecule has 14 heavy (non-hydrogen) atoms. The van der Waals surface area contributed by atoms with Crippen molar-refractivity contribution in [3.8, 4) is 0 Å². The van der Waals surface area contributed by atoms with Crippen molar-refractivity contribution in [1.29, 1.82) is 0 Å². The molecule has 0 rings (SSSR count). The zero-order valence-corrected chi connectivity index (χ0v) is 8.07. The van der Waals surface area contributed by atoms with Gasteiger partial charge in [0.2, 0.25) is 5.91 Å². The van der Waals surface area contributed by atoms with Crippen molar-refractivity contribution >= 4 is 17.8 Å². The third-order valence-electron chi connectivity index (χ3n) is 1.33. The van der Waals surface area contributed by atoms with Crippen LogP contribution in [-0.2, 0) is 19.1 Å². The molecule has 80 valence electrons. The van der Waals surface area contributed by atoms with Gasteiger partial charge in [0.05, 0.1) is 13.0 Å². The first-order valence-electron chi connectivity index (χ1n) is 4.13. The number of carboxylic acid groups (broad SMARTS) is 1. The minimum atomic E-state index is -1.17. The fraction of sp³-hybridized carbons (Fsp3) is 0.625. The number of aliphatic carboxylic acids is 1. The van der Waals surface area contributed by atoms with Gasteiger partial charge in [0, 0.05) is 6.92 Å². The molecule has 0 saturated carbocycles. The van der Waals surface area contributed by atoms with Crippen molar-refractivity contribution in [2.24, 2.45) is 0 Å². The summed E-state index contributed by atoms with van der Waals surface area (Å²) >= 11 is 0. The zero-order chi connectivity index (χ0) is 11.1. The molecule has 0 aliphatic heterocycles. The number of carboxylic acids is 1. The van der Waals surface area contributed by atoms with Gasteiger partial charge in [0.15, 0.2) is 0 Å². The molecule has 0 spiro atoms. The van der Waals surface area contributed by atoms with E-state index in [9.17, 15) is 14.4 Å². The SMILES string of the molecule is CCOC(=O)C(CC(=O)O)NC(C)=O. The minimum absolute atomic E-state index is 0.147. The number of ether oxygens (including phenoxy) is 1. The van der Waals surface area contributed by atoms with E-state index in [2.05, 4.69) is 10.1 Å². The predicted octanol–water partition coefficient (Wildman–Crippen LogP) is -0.471. The highest BCUT2D eigenvalue weighted by Gasteiger charge is 2.23. The fourth-order valence-electron chi connectivity index (χ4n) is 0.856. The maximum absolute atomic E-state index is 11.1. The van der Waals surface area contributed by atoms with Crippen LogP contribution in [0.5, 0.6) is 0 Å². The van der Waals surface area contributed by atoms with Crippen LogP contribution in [0.2, 0.25) is 0 Å². The molecule has 0 saturated heterocycles. The van der Waals surface area contributed by atoms with Crippen molar-refractivity contribution in [3.63, 3.8) is 0 Å². The second-order valence-corrected chi connectivity index (χ2v) is 2.60. The average molecular weight is 203 g/mol. The van der Waals surface area contributed by atoms with Gasteiger partial charge in [-0.05, 0) is 6.92 Å². The lowest BCUT2D eigenvalue weighted by Gasteiger charge is -2.13. The summed E-state index contributed by atoms with van der Waals surface area (Å²) in [6.45, 7) is 2.95. The van der Waals surface area contributed by atoms with E-state index in [-0.39, 0.29) is 6.61 Å². The second kappa shape index (κ2) is 5.95. The van der Waals surface area contributed by atoms with Crippen molar-refractivity contribution < 1.29 is 24.2 Å². The summed E-state index contributed by atoms with van der Waals surface area (Å²) in [5.41, 5.74) is 0. The molecule has 0 radical (unpaired) electrons. The smallest absolute Gasteiger partial charge is 0.329 e. The third-order valence-corrected chi connectivity index (χ3v) is 1.33. The highest BCUT2D eigenvalue weighted by molar-refractivity contribution is 5.86. The van der Waals surface area contributed by atoms with Crippen LogP contribution in [0, 0.1) is 0 Å². The van der Waals surface area contributed by atoms with Gasteiger partial charge in [-0.25, -0.2) is 4.79 Å². The van der Waals surface area contributed by atoms with Gasteiger partial charge >= 0.3 is 11.9 Å². The second-order valence-electron chi connectivity index (χ2n) is 2.60. The summed E-state index contributed by atoms with van der Waals surface area (Å²) in [4.78, 5) is 32.1. The Morgan fingerprint density at radius 1 is 1.43 bits per heavy atom. The van der Waals surface area contributed by atoms with E-state index < -0.39 is 30.3 Å². The third kappa shape index (κ3) is 5.13. The molecule has 6 nitrogen and oxygen atoms in total. The van der Waals surface area contributed by atoms with Gasteiger partial charge in [0.25, 0.3) is 0 Å². The molecule has 0 aromatic carbocycles. The maximum atomic E-state index is 11.1. The van der Waals surface area contributed by atoms with Crippen molar-refractivity contribution in [2.75, 3.05) is 6.61 Å². The van der Waals surface area contributed by atoms with Gasteiger partial charge in [0.1, 0.15) is 6.04 Å². The lowest BCUT2D eigenvalue weighted by molar-refractivity contribution is -0.151. The lowest BCUT2D eigenvalue weighted by Crippen LogP contribution is -2.42. The van der Waals surface area contributed by atoms with Crippen molar-refractivity contribution in [2.45, 2.75) is 26.3 Å². The summed E-state index contributed by atoms with van der Waals surface area (Å²) < 4.78 is 4.59. The number of nitrogens with one attached hydrogen (secondary N) is 1. The van der Waals surface area contributed by atoms with Gasteiger partial charge < -0.3 is 15.2 Å². The molecular formula is C8H13NO5. The summed E-state index contributed by atoms with van der Waals surface area (Å²) in [6.07, 6.45) is -0.474. The van der Waals surface area contributed by atoms with Crippen LogP contribution in [0.25, 0.3) is 0 Å². The Labute approximate surface area is 81.2 Å². The van der Waals surface area contributed by atoms with Crippen molar-refractivity contribution in [3.05, 3.63) is 0 Å². The largest absolute Gasteiger partial charge is 0.481 e. The summed E-state index contributed by atoms with van der Waals surface area (Å²) in [5.74, 6) is -2.37. The average Bonchev–Trinajstić information content (AvgIpc) is 2.01. The van der Waals surface area contributed by atoms with E-state index in [0.29, 0.717) is 0 Å². The first kappa shape index (κ1) is 12.4. The molecule has 0 fully saturated rings. The topological polar surface area (TPSA) is 92.7 Å². The molecule has 1 unspecified atom stereocenters. The van der Waals surface area contributed by atoms with Crippen LogP contribution in [0.4, 0.5) is 0 Å². The summed E-state index contributed by atoms with van der Waals surface area (Å²) in [6, 6.07) is -1.11. The van der Waals surface area contributed by atoms with E-state index in [1.165, 1.54) is 6.92 Å². The van der Waals surface area contributed by atoms with Crippen LogP contribution >= 0.6 is 0 Å². The number of carbonyl (C=O) groups is 3. The standard InChI is InChI=1S/C8H13NO5/c1-3-14-8(13)6(4-7(11)12)9-5(2)10/h6H,3-4H2,1-2H3,(H,9,10)(H,11,12). The molecule has 6 heteroatoms. The quantitative estimate of drug-likeness (QED) is 0.589. The van der Waals surface area contributed by atoms with Crippen LogP contribution < -0.4 is 5.32 Å².